The molecule has 28 heavy (non-hydrogen) atoms. The van der Waals surface area contributed by atoms with Crippen molar-refractivity contribution in [2.24, 2.45) is 0 Å². The minimum absolute atomic E-state index is 0.0233. The summed E-state index contributed by atoms with van der Waals surface area (Å²) in [4.78, 5) is 22.6. The molecule has 1 saturated carbocycles. The lowest BCUT2D eigenvalue weighted by molar-refractivity contribution is -0.384. The lowest BCUT2D eigenvalue weighted by Crippen LogP contribution is -2.35. The van der Waals surface area contributed by atoms with Gasteiger partial charge in [-0.1, -0.05) is 12.8 Å². The van der Waals surface area contributed by atoms with Gasteiger partial charge in [-0.3, -0.25) is 14.9 Å². The summed E-state index contributed by atoms with van der Waals surface area (Å²) in [6.07, 6.45) is 3.80. The van der Waals surface area contributed by atoms with Crippen LogP contribution in [0.5, 0.6) is 0 Å². The van der Waals surface area contributed by atoms with Gasteiger partial charge in [-0.05, 0) is 49.2 Å². The third-order valence-electron chi connectivity index (χ3n) is 4.97. The van der Waals surface area contributed by atoms with E-state index in [4.69, 9.17) is 0 Å². The first-order valence-corrected chi connectivity index (χ1v) is 10.4. The molecule has 1 aliphatic rings. The lowest BCUT2D eigenvalue weighted by Gasteiger charge is -2.23. The zero-order valence-electron chi connectivity index (χ0n) is 15.4. The van der Waals surface area contributed by atoms with E-state index in [0.29, 0.717) is 11.3 Å². The van der Waals surface area contributed by atoms with Crippen LogP contribution in [0.15, 0.2) is 53.4 Å². The first-order valence-electron chi connectivity index (χ1n) is 8.93. The molecule has 0 saturated heterocycles. The van der Waals surface area contributed by atoms with Crippen LogP contribution in [0.2, 0.25) is 0 Å². The highest BCUT2D eigenvalue weighted by molar-refractivity contribution is 7.89. The van der Waals surface area contributed by atoms with Crippen LogP contribution < -0.4 is 5.32 Å². The molecule has 0 spiro atoms. The van der Waals surface area contributed by atoms with Crippen LogP contribution >= 0.6 is 0 Å². The van der Waals surface area contributed by atoms with E-state index in [1.807, 2.05) is 0 Å². The lowest BCUT2D eigenvalue weighted by atomic mass is 10.2. The Kier molecular flexibility index (Phi) is 5.76. The van der Waals surface area contributed by atoms with Gasteiger partial charge in [0.2, 0.25) is 10.0 Å². The smallest absolute Gasteiger partial charge is 0.269 e. The first kappa shape index (κ1) is 20.0. The Balaban J connectivity index is 1.70. The summed E-state index contributed by atoms with van der Waals surface area (Å²) in [7, 11) is -2.00. The molecule has 1 aliphatic carbocycles. The van der Waals surface area contributed by atoms with Gasteiger partial charge in [-0.2, -0.15) is 4.31 Å². The van der Waals surface area contributed by atoms with E-state index in [9.17, 15) is 23.3 Å². The fourth-order valence-electron chi connectivity index (χ4n) is 3.28. The Morgan fingerprint density at radius 3 is 2.18 bits per heavy atom. The molecule has 1 fully saturated rings. The fourth-order valence-corrected chi connectivity index (χ4v) is 4.69. The second-order valence-corrected chi connectivity index (χ2v) is 8.74. The number of hydrogen-bond donors (Lipinski definition) is 1. The molecule has 3 rings (SSSR count). The maximum absolute atomic E-state index is 12.7. The number of nitro benzene ring substituents is 1. The molecule has 0 bridgehead atoms. The molecule has 1 N–H and O–H groups in total. The minimum Gasteiger partial charge on any atom is -0.322 e. The van der Waals surface area contributed by atoms with Crippen molar-refractivity contribution in [3.63, 3.8) is 0 Å². The summed E-state index contributed by atoms with van der Waals surface area (Å²) >= 11 is 0. The Labute approximate surface area is 163 Å². The van der Waals surface area contributed by atoms with Crippen LogP contribution in [-0.4, -0.2) is 36.6 Å². The zero-order valence-corrected chi connectivity index (χ0v) is 16.2. The van der Waals surface area contributed by atoms with Gasteiger partial charge < -0.3 is 5.32 Å². The SMILES string of the molecule is CN(C1CCCC1)S(=O)(=O)c1ccc(C(=O)Nc2ccc([N+](=O)[O-])cc2)cc1. The average molecular weight is 403 g/mol. The molecule has 2 aromatic rings. The van der Waals surface area contributed by atoms with Gasteiger partial charge in [0.25, 0.3) is 11.6 Å². The average Bonchev–Trinajstić information content (AvgIpc) is 3.22. The highest BCUT2D eigenvalue weighted by atomic mass is 32.2. The van der Waals surface area contributed by atoms with Crippen molar-refractivity contribution in [1.82, 2.24) is 4.31 Å². The number of nitrogens with one attached hydrogen (secondary N) is 1. The van der Waals surface area contributed by atoms with Gasteiger partial charge in [0.1, 0.15) is 0 Å². The van der Waals surface area contributed by atoms with Crippen molar-refractivity contribution in [2.45, 2.75) is 36.6 Å². The third-order valence-corrected chi connectivity index (χ3v) is 6.89. The molecule has 1 amide bonds. The molecule has 9 heteroatoms. The van der Waals surface area contributed by atoms with E-state index in [1.54, 1.807) is 7.05 Å². The van der Waals surface area contributed by atoms with Crippen LogP contribution in [-0.2, 0) is 10.0 Å². The number of rotatable bonds is 6. The van der Waals surface area contributed by atoms with Crippen LogP contribution in [0.1, 0.15) is 36.0 Å². The summed E-state index contributed by atoms with van der Waals surface area (Å²) in [6.45, 7) is 0. The molecule has 8 nitrogen and oxygen atoms in total. The van der Waals surface area contributed by atoms with Crippen LogP contribution in [0.25, 0.3) is 0 Å². The normalized spacial score (nSPS) is 14.9. The van der Waals surface area contributed by atoms with E-state index in [2.05, 4.69) is 5.32 Å². The van der Waals surface area contributed by atoms with E-state index >= 15 is 0 Å². The Bertz CT molecular complexity index is 966. The molecule has 0 radical (unpaired) electrons. The number of hydrogen-bond acceptors (Lipinski definition) is 5. The Hall–Kier alpha value is -2.78. The summed E-state index contributed by atoms with van der Waals surface area (Å²) in [5, 5.41) is 13.3. The van der Waals surface area contributed by atoms with Crippen molar-refractivity contribution in [2.75, 3.05) is 12.4 Å². The maximum Gasteiger partial charge on any atom is 0.269 e. The number of sulfonamides is 1. The zero-order chi connectivity index (χ0) is 20.3. The molecule has 0 aromatic heterocycles. The highest BCUT2D eigenvalue weighted by Gasteiger charge is 2.30. The quantitative estimate of drug-likeness (QED) is 0.587. The topological polar surface area (TPSA) is 110 Å². The van der Waals surface area contributed by atoms with Gasteiger partial charge in [-0.15, -0.1) is 0 Å². The predicted molar refractivity (Wildman–Crippen MR) is 105 cm³/mol. The molecule has 2 aromatic carbocycles. The number of nitrogens with zero attached hydrogens (tertiary/aromatic N) is 2. The van der Waals surface area contributed by atoms with Crippen LogP contribution in [0.3, 0.4) is 0 Å². The summed E-state index contributed by atoms with van der Waals surface area (Å²) < 4.78 is 26.9. The minimum atomic E-state index is -3.60. The summed E-state index contributed by atoms with van der Waals surface area (Å²) in [5.41, 5.74) is 0.632. The van der Waals surface area contributed by atoms with Crippen molar-refractivity contribution in [3.05, 3.63) is 64.2 Å². The van der Waals surface area contributed by atoms with Crippen molar-refractivity contribution in [1.29, 1.82) is 0 Å². The van der Waals surface area contributed by atoms with Gasteiger partial charge in [0.05, 0.1) is 9.82 Å². The molecule has 0 aliphatic heterocycles. The largest absolute Gasteiger partial charge is 0.322 e. The Morgan fingerprint density at radius 1 is 1.07 bits per heavy atom. The summed E-state index contributed by atoms with van der Waals surface area (Å²) in [5.74, 6) is -0.429. The van der Waals surface area contributed by atoms with Crippen molar-refractivity contribution in [3.8, 4) is 0 Å². The monoisotopic (exact) mass is 403 g/mol. The first-order chi connectivity index (χ1) is 13.3. The van der Waals surface area contributed by atoms with E-state index in [-0.39, 0.29) is 16.6 Å². The molecule has 0 heterocycles. The Morgan fingerprint density at radius 2 is 1.64 bits per heavy atom. The highest BCUT2D eigenvalue weighted by Crippen LogP contribution is 2.27. The number of non-ortho nitro benzene ring substituents is 1. The fraction of sp³-hybridized carbons (Fsp3) is 0.316. The van der Waals surface area contributed by atoms with Gasteiger partial charge in [0, 0.05) is 36.5 Å². The second-order valence-electron chi connectivity index (χ2n) is 6.74. The van der Waals surface area contributed by atoms with E-state index in [0.717, 1.165) is 25.7 Å². The molecular weight excluding hydrogens is 382 g/mol. The second kappa shape index (κ2) is 8.07. The van der Waals surface area contributed by atoms with Crippen molar-refractivity contribution >= 4 is 27.3 Å². The number of carbonyl (C=O) groups excluding carboxylic acids is 1. The molecule has 148 valence electrons. The summed E-state index contributed by atoms with van der Waals surface area (Å²) in [6, 6.07) is 11.2. The van der Waals surface area contributed by atoms with Gasteiger partial charge in [-0.25, -0.2) is 8.42 Å². The van der Waals surface area contributed by atoms with Crippen LogP contribution in [0.4, 0.5) is 11.4 Å². The number of anilines is 1. The predicted octanol–water partition coefficient (Wildman–Crippen LogP) is 3.41. The third kappa shape index (κ3) is 4.20. The molecule has 0 unspecified atom stereocenters. The van der Waals surface area contributed by atoms with E-state index < -0.39 is 20.9 Å². The van der Waals surface area contributed by atoms with Gasteiger partial charge in [0.15, 0.2) is 0 Å². The number of amides is 1. The molecule has 0 atom stereocenters. The number of nitro groups is 1. The number of carbonyl (C=O) groups is 1. The standard InChI is InChI=1S/C19H21N3O5S/c1-21(16-4-2-3-5-16)28(26,27)18-12-6-14(7-13-18)19(23)20-15-8-10-17(11-9-15)22(24)25/h6-13,16H,2-5H2,1H3,(H,20,23). The van der Waals surface area contributed by atoms with Crippen molar-refractivity contribution < 1.29 is 18.1 Å². The number of benzene rings is 2. The molecular formula is C19H21N3O5S. The van der Waals surface area contributed by atoms with Gasteiger partial charge >= 0.3 is 0 Å². The maximum atomic E-state index is 12.7. The van der Waals surface area contributed by atoms with E-state index in [1.165, 1.54) is 52.8 Å². The van der Waals surface area contributed by atoms with Crippen LogP contribution in [0, 0.1) is 10.1 Å².